The molecule has 1 saturated carbocycles. The van der Waals surface area contributed by atoms with Gasteiger partial charge in [0, 0.05) is 18.2 Å². The van der Waals surface area contributed by atoms with Gasteiger partial charge in [-0.2, -0.15) is 0 Å². The first-order valence-corrected chi connectivity index (χ1v) is 9.51. The molecule has 0 radical (unpaired) electrons. The molecule has 3 rings (SSSR count). The van der Waals surface area contributed by atoms with E-state index in [9.17, 15) is 9.90 Å². The van der Waals surface area contributed by atoms with E-state index in [0.717, 1.165) is 30.1 Å². The fourth-order valence-corrected chi connectivity index (χ4v) is 3.63. The molecular formula is C22H28N2O2. The highest BCUT2D eigenvalue weighted by molar-refractivity contribution is 5.94. The molecule has 1 aliphatic carbocycles. The lowest BCUT2D eigenvalue weighted by Crippen LogP contribution is -2.33. The van der Waals surface area contributed by atoms with E-state index >= 15 is 0 Å². The summed E-state index contributed by atoms with van der Waals surface area (Å²) < 4.78 is 0. The zero-order chi connectivity index (χ0) is 18.4. The van der Waals surface area contributed by atoms with Crippen LogP contribution in [-0.4, -0.2) is 42.1 Å². The third-order valence-corrected chi connectivity index (χ3v) is 5.27. The zero-order valence-electron chi connectivity index (χ0n) is 15.4. The van der Waals surface area contributed by atoms with Crippen molar-refractivity contribution in [3.63, 3.8) is 0 Å². The summed E-state index contributed by atoms with van der Waals surface area (Å²) in [5.41, 5.74) is 2.72. The van der Waals surface area contributed by atoms with Crippen molar-refractivity contribution in [2.45, 2.75) is 38.1 Å². The van der Waals surface area contributed by atoms with Crippen LogP contribution >= 0.6 is 0 Å². The van der Waals surface area contributed by atoms with E-state index in [1.807, 2.05) is 36.4 Å². The summed E-state index contributed by atoms with van der Waals surface area (Å²) in [7, 11) is 2.19. The molecule has 2 N–H and O–H groups in total. The predicted octanol–water partition coefficient (Wildman–Crippen LogP) is 4.05. The number of rotatable bonds is 7. The number of phenolic OH excluding ortho intramolecular Hbond substituents is 1. The van der Waals surface area contributed by atoms with Gasteiger partial charge in [-0.05, 0) is 68.2 Å². The summed E-state index contributed by atoms with van der Waals surface area (Å²) in [5.74, 6) is 0.231. The van der Waals surface area contributed by atoms with Crippen molar-refractivity contribution < 1.29 is 9.90 Å². The fourth-order valence-electron chi connectivity index (χ4n) is 3.63. The van der Waals surface area contributed by atoms with Crippen LogP contribution in [0.25, 0.3) is 11.1 Å². The average molecular weight is 352 g/mol. The van der Waals surface area contributed by atoms with Crippen LogP contribution in [0.5, 0.6) is 5.75 Å². The van der Waals surface area contributed by atoms with Gasteiger partial charge in [-0.15, -0.1) is 0 Å². The lowest BCUT2D eigenvalue weighted by atomic mass is 10.0. The van der Waals surface area contributed by atoms with Gasteiger partial charge in [0.1, 0.15) is 5.75 Å². The minimum atomic E-state index is -0.0224. The topological polar surface area (TPSA) is 52.6 Å². The second-order valence-corrected chi connectivity index (χ2v) is 7.15. The number of nitrogens with zero attached hydrogens (tertiary/aromatic N) is 1. The molecule has 0 aliphatic heterocycles. The summed E-state index contributed by atoms with van der Waals surface area (Å²) in [6.07, 6.45) is 6.31. The molecule has 1 fully saturated rings. The molecule has 1 aliphatic rings. The standard InChI is InChI=1S/C22H28N2O2/c1-24(20-5-2-3-6-20)16-4-15-23-22(26)19-9-7-17(8-10-19)18-11-13-21(25)14-12-18/h7-14,20,25H,2-6,15-16H2,1H3,(H,23,26). The summed E-state index contributed by atoms with van der Waals surface area (Å²) in [6.45, 7) is 1.74. The van der Waals surface area contributed by atoms with E-state index in [-0.39, 0.29) is 11.7 Å². The number of amides is 1. The van der Waals surface area contributed by atoms with Gasteiger partial charge in [-0.1, -0.05) is 37.1 Å². The molecule has 0 spiro atoms. The van der Waals surface area contributed by atoms with Crippen molar-refractivity contribution in [3.8, 4) is 16.9 Å². The molecule has 1 amide bonds. The van der Waals surface area contributed by atoms with Crippen molar-refractivity contribution >= 4 is 5.91 Å². The highest BCUT2D eigenvalue weighted by Gasteiger charge is 2.18. The first kappa shape index (κ1) is 18.5. The van der Waals surface area contributed by atoms with Gasteiger partial charge in [0.05, 0.1) is 0 Å². The Hall–Kier alpha value is -2.33. The third kappa shape index (κ3) is 4.85. The molecule has 138 valence electrons. The number of hydrogen-bond acceptors (Lipinski definition) is 3. The van der Waals surface area contributed by atoms with Gasteiger partial charge in [0.25, 0.3) is 5.91 Å². The Balaban J connectivity index is 1.45. The summed E-state index contributed by atoms with van der Waals surface area (Å²) in [5, 5.41) is 12.4. The molecule has 0 heterocycles. The molecule has 0 aromatic heterocycles. The number of aromatic hydroxyl groups is 1. The molecule has 0 bridgehead atoms. The fraction of sp³-hybridized carbons (Fsp3) is 0.409. The predicted molar refractivity (Wildman–Crippen MR) is 105 cm³/mol. The molecule has 0 atom stereocenters. The van der Waals surface area contributed by atoms with Crippen molar-refractivity contribution in [3.05, 3.63) is 54.1 Å². The molecule has 0 unspecified atom stereocenters. The Morgan fingerprint density at radius 1 is 1.04 bits per heavy atom. The molecule has 4 heteroatoms. The van der Waals surface area contributed by atoms with Crippen LogP contribution in [0, 0.1) is 0 Å². The van der Waals surface area contributed by atoms with Crippen LogP contribution in [0.1, 0.15) is 42.5 Å². The molecule has 2 aromatic rings. The van der Waals surface area contributed by atoms with Crippen molar-refractivity contribution in [2.24, 2.45) is 0 Å². The van der Waals surface area contributed by atoms with E-state index in [1.54, 1.807) is 12.1 Å². The first-order chi connectivity index (χ1) is 12.6. The summed E-state index contributed by atoms with van der Waals surface area (Å²) >= 11 is 0. The first-order valence-electron chi connectivity index (χ1n) is 9.51. The van der Waals surface area contributed by atoms with Crippen molar-refractivity contribution in [1.29, 1.82) is 0 Å². The highest BCUT2D eigenvalue weighted by atomic mass is 16.3. The molecule has 26 heavy (non-hydrogen) atoms. The van der Waals surface area contributed by atoms with Crippen molar-refractivity contribution in [2.75, 3.05) is 20.1 Å². The highest BCUT2D eigenvalue weighted by Crippen LogP contribution is 2.23. The van der Waals surface area contributed by atoms with E-state index in [4.69, 9.17) is 0 Å². The van der Waals surface area contributed by atoms with Gasteiger partial charge in [-0.3, -0.25) is 4.79 Å². The number of benzene rings is 2. The lowest BCUT2D eigenvalue weighted by Gasteiger charge is -2.23. The smallest absolute Gasteiger partial charge is 0.251 e. The second kappa shape index (κ2) is 8.86. The number of carbonyl (C=O) groups is 1. The van der Waals surface area contributed by atoms with Crippen LogP contribution in [-0.2, 0) is 0 Å². The van der Waals surface area contributed by atoms with Crippen LogP contribution in [0.15, 0.2) is 48.5 Å². The van der Waals surface area contributed by atoms with Crippen LogP contribution in [0.4, 0.5) is 0 Å². The number of hydrogen-bond donors (Lipinski definition) is 2. The molecule has 0 saturated heterocycles. The van der Waals surface area contributed by atoms with Gasteiger partial charge in [-0.25, -0.2) is 0 Å². The maximum Gasteiger partial charge on any atom is 0.251 e. The number of carbonyl (C=O) groups excluding carboxylic acids is 1. The molecule has 2 aromatic carbocycles. The van der Waals surface area contributed by atoms with E-state index in [2.05, 4.69) is 17.3 Å². The average Bonchev–Trinajstić information content (AvgIpc) is 3.20. The Kier molecular flexibility index (Phi) is 6.29. The SMILES string of the molecule is CN(CCCNC(=O)c1ccc(-c2ccc(O)cc2)cc1)C1CCCC1. The van der Waals surface area contributed by atoms with Gasteiger partial charge in [0.2, 0.25) is 0 Å². The summed E-state index contributed by atoms with van der Waals surface area (Å²) in [4.78, 5) is 14.7. The zero-order valence-corrected chi connectivity index (χ0v) is 15.4. The maximum absolute atomic E-state index is 12.3. The Morgan fingerprint density at radius 3 is 2.23 bits per heavy atom. The third-order valence-electron chi connectivity index (χ3n) is 5.27. The minimum absolute atomic E-state index is 0.0224. The quantitative estimate of drug-likeness (QED) is 0.739. The monoisotopic (exact) mass is 352 g/mol. The van der Waals surface area contributed by atoms with E-state index in [0.29, 0.717) is 12.1 Å². The van der Waals surface area contributed by atoms with Crippen LogP contribution in [0.2, 0.25) is 0 Å². The normalized spacial score (nSPS) is 14.7. The second-order valence-electron chi connectivity index (χ2n) is 7.15. The van der Waals surface area contributed by atoms with Crippen LogP contribution < -0.4 is 5.32 Å². The van der Waals surface area contributed by atoms with Gasteiger partial charge >= 0.3 is 0 Å². The molecular weight excluding hydrogens is 324 g/mol. The van der Waals surface area contributed by atoms with Gasteiger partial charge in [0.15, 0.2) is 0 Å². The Morgan fingerprint density at radius 2 is 1.62 bits per heavy atom. The van der Waals surface area contributed by atoms with E-state index < -0.39 is 0 Å². The Bertz CT molecular complexity index is 704. The lowest BCUT2D eigenvalue weighted by molar-refractivity contribution is 0.0951. The minimum Gasteiger partial charge on any atom is -0.508 e. The van der Waals surface area contributed by atoms with Crippen LogP contribution in [0.3, 0.4) is 0 Å². The molecule has 4 nitrogen and oxygen atoms in total. The van der Waals surface area contributed by atoms with E-state index in [1.165, 1.54) is 25.7 Å². The Labute approximate surface area is 155 Å². The summed E-state index contributed by atoms with van der Waals surface area (Å²) in [6, 6.07) is 15.4. The van der Waals surface area contributed by atoms with Crippen molar-refractivity contribution in [1.82, 2.24) is 10.2 Å². The largest absolute Gasteiger partial charge is 0.508 e. The maximum atomic E-state index is 12.3. The number of nitrogens with one attached hydrogen (secondary N) is 1. The van der Waals surface area contributed by atoms with Gasteiger partial charge < -0.3 is 15.3 Å². The number of phenols is 1.